The number of nitrogens with one attached hydrogen (secondary N) is 1. The fraction of sp³-hybridized carbons (Fsp3) is 0.222. The van der Waals surface area contributed by atoms with E-state index in [1.54, 1.807) is 18.3 Å². The summed E-state index contributed by atoms with van der Waals surface area (Å²) < 4.78 is 0. The zero-order valence-electron chi connectivity index (χ0n) is 8.98. The standard InChI is InChI=1S/C5H5NO.C4H6O6.H2O/c7-5-3-1-2-4-6-5;5-1(3(7)8)2(6)4(9)10;/h1-4H,(H,6,7);1-2,5-6H,(H,7,8)(H,9,10);1H2/t;1-,2-;/m.1./s1. The molecule has 0 aliphatic rings. The maximum Gasteiger partial charge on any atom is 0.335 e. The monoisotopic (exact) mass is 263 g/mol. The van der Waals surface area contributed by atoms with Crippen molar-refractivity contribution in [1.82, 2.24) is 4.98 Å². The number of aromatic nitrogens is 1. The molecule has 0 bridgehead atoms. The van der Waals surface area contributed by atoms with E-state index in [0.717, 1.165) is 0 Å². The summed E-state index contributed by atoms with van der Waals surface area (Å²) >= 11 is 0. The molecule has 1 aromatic heterocycles. The molecule has 1 rings (SSSR count). The molecule has 2 atom stereocenters. The van der Waals surface area contributed by atoms with Gasteiger partial charge in [0.05, 0.1) is 0 Å². The van der Waals surface area contributed by atoms with Crippen molar-refractivity contribution in [2.45, 2.75) is 12.2 Å². The summed E-state index contributed by atoms with van der Waals surface area (Å²) in [7, 11) is 0. The molecule has 0 radical (unpaired) electrons. The second-order valence-electron chi connectivity index (χ2n) is 2.79. The summed E-state index contributed by atoms with van der Waals surface area (Å²) in [4.78, 5) is 32.2. The lowest BCUT2D eigenvalue weighted by Gasteiger charge is -2.07. The van der Waals surface area contributed by atoms with Crippen LogP contribution in [0, 0.1) is 0 Å². The highest BCUT2D eigenvalue weighted by atomic mass is 16.4. The number of aliphatic hydroxyl groups excluding tert-OH is 2. The Kier molecular flexibility index (Phi) is 8.94. The Balaban J connectivity index is 0. The number of pyridine rings is 1. The first-order chi connectivity index (χ1) is 7.86. The summed E-state index contributed by atoms with van der Waals surface area (Å²) in [5.74, 6) is -3.54. The third-order valence-corrected chi connectivity index (χ3v) is 1.49. The summed E-state index contributed by atoms with van der Waals surface area (Å²) in [6.45, 7) is 0. The fourth-order valence-electron chi connectivity index (χ4n) is 0.647. The first-order valence-corrected chi connectivity index (χ1v) is 4.31. The molecule has 7 N–H and O–H groups in total. The molecule has 0 saturated carbocycles. The van der Waals surface area contributed by atoms with Crippen LogP contribution in [-0.4, -0.2) is 55.0 Å². The third-order valence-electron chi connectivity index (χ3n) is 1.49. The van der Waals surface area contributed by atoms with E-state index in [1.165, 1.54) is 6.07 Å². The average Bonchev–Trinajstić information content (AvgIpc) is 2.28. The van der Waals surface area contributed by atoms with Crippen LogP contribution in [0.5, 0.6) is 0 Å². The lowest BCUT2D eigenvalue weighted by molar-refractivity contribution is -0.165. The minimum absolute atomic E-state index is 0. The number of aliphatic carboxylic acids is 2. The van der Waals surface area contributed by atoms with Gasteiger partial charge >= 0.3 is 11.9 Å². The number of carboxylic acid groups (broad SMARTS) is 2. The highest BCUT2D eigenvalue weighted by molar-refractivity contribution is 5.83. The van der Waals surface area contributed by atoms with E-state index in [1.807, 2.05) is 0 Å². The van der Waals surface area contributed by atoms with Crippen molar-refractivity contribution < 1.29 is 35.5 Å². The molecule has 0 fully saturated rings. The Morgan fingerprint density at radius 2 is 1.50 bits per heavy atom. The molecular weight excluding hydrogens is 250 g/mol. The van der Waals surface area contributed by atoms with Gasteiger partial charge in [0, 0.05) is 12.3 Å². The van der Waals surface area contributed by atoms with E-state index in [0.29, 0.717) is 0 Å². The third kappa shape index (κ3) is 7.11. The smallest absolute Gasteiger partial charge is 0.335 e. The molecule has 0 saturated heterocycles. The van der Waals surface area contributed by atoms with Gasteiger partial charge in [-0.2, -0.15) is 0 Å². The van der Waals surface area contributed by atoms with Crippen LogP contribution in [0.25, 0.3) is 0 Å². The zero-order chi connectivity index (χ0) is 13.4. The molecule has 9 heteroatoms. The predicted octanol–water partition coefficient (Wildman–Crippen LogP) is -2.57. The van der Waals surface area contributed by atoms with Crippen molar-refractivity contribution >= 4 is 11.9 Å². The van der Waals surface area contributed by atoms with Gasteiger partial charge in [0.1, 0.15) is 0 Å². The average molecular weight is 263 g/mol. The number of aromatic amines is 1. The lowest BCUT2D eigenvalue weighted by Crippen LogP contribution is -2.39. The van der Waals surface area contributed by atoms with Crippen LogP contribution < -0.4 is 5.56 Å². The molecule has 0 aliphatic carbocycles. The number of carboxylic acids is 2. The molecule has 1 aromatic rings. The Hall–Kier alpha value is -2.23. The first kappa shape index (κ1) is 18.1. The number of carbonyl (C=O) groups is 2. The quantitative estimate of drug-likeness (QED) is 0.397. The largest absolute Gasteiger partial charge is 0.479 e. The molecule has 0 spiro atoms. The van der Waals surface area contributed by atoms with Gasteiger partial charge < -0.3 is 30.9 Å². The van der Waals surface area contributed by atoms with Crippen LogP contribution in [0.1, 0.15) is 0 Å². The van der Waals surface area contributed by atoms with Gasteiger partial charge in [-0.15, -0.1) is 0 Å². The van der Waals surface area contributed by atoms with Crippen LogP contribution in [0.4, 0.5) is 0 Å². The predicted molar refractivity (Wildman–Crippen MR) is 58.0 cm³/mol. The second-order valence-corrected chi connectivity index (χ2v) is 2.79. The second kappa shape index (κ2) is 8.87. The molecule has 9 nitrogen and oxygen atoms in total. The van der Waals surface area contributed by atoms with Gasteiger partial charge in [0.15, 0.2) is 12.2 Å². The van der Waals surface area contributed by atoms with E-state index in [9.17, 15) is 14.4 Å². The van der Waals surface area contributed by atoms with Crippen LogP contribution in [0.15, 0.2) is 29.2 Å². The van der Waals surface area contributed by atoms with Crippen LogP contribution in [0.2, 0.25) is 0 Å². The van der Waals surface area contributed by atoms with Gasteiger partial charge in [0.25, 0.3) is 0 Å². The van der Waals surface area contributed by atoms with E-state index >= 15 is 0 Å². The summed E-state index contributed by atoms with van der Waals surface area (Å²) in [6, 6.07) is 4.93. The van der Waals surface area contributed by atoms with Crippen molar-refractivity contribution in [1.29, 1.82) is 0 Å². The van der Waals surface area contributed by atoms with E-state index in [-0.39, 0.29) is 11.0 Å². The minimum atomic E-state index is -2.27. The number of hydrogen-bond donors (Lipinski definition) is 5. The van der Waals surface area contributed by atoms with Gasteiger partial charge in [-0.1, -0.05) is 6.07 Å². The molecular formula is C9H13NO8. The van der Waals surface area contributed by atoms with E-state index in [2.05, 4.69) is 4.98 Å². The summed E-state index contributed by atoms with van der Waals surface area (Å²) in [5.41, 5.74) is -0.0532. The molecule has 1 heterocycles. The van der Waals surface area contributed by atoms with Gasteiger partial charge in [-0.05, 0) is 6.07 Å². The number of rotatable bonds is 3. The summed E-state index contributed by atoms with van der Waals surface area (Å²) in [5, 5.41) is 32.5. The Morgan fingerprint density at radius 3 is 1.67 bits per heavy atom. The normalized spacial score (nSPS) is 12.1. The zero-order valence-corrected chi connectivity index (χ0v) is 8.98. The van der Waals surface area contributed by atoms with Crippen LogP contribution in [-0.2, 0) is 9.59 Å². The van der Waals surface area contributed by atoms with Crippen molar-refractivity contribution in [3.63, 3.8) is 0 Å². The number of H-pyrrole nitrogens is 1. The fourth-order valence-corrected chi connectivity index (χ4v) is 0.647. The van der Waals surface area contributed by atoms with E-state index < -0.39 is 24.1 Å². The van der Waals surface area contributed by atoms with Crippen molar-refractivity contribution in [2.24, 2.45) is 0 Å². The highest BCUT2D eigenvalue weighted by Gasteiger charge is 2.29. The molecule has 0 amide bonds. The molecule has 0 aromatic carbocycles. The molecule has 0 unspecified atom stereocenters. The van der Waals surface area contributed by atoms with Crippen LogP contribution in [0.3, 0.4) is 0 Å². The number of hydrogen-bond acceptors (Lipinski definition) is 5. The van der Waals surface area contributed by atoms with Gasteiger partial charge in [-0.25, -0.2) is 9.59 Å². The maximum absolute atomic E-state index is 10.2. The molecule has 102 valence electrons. The maximum atomic E-state index is 10.2. The van der Waals surface area contributed by atoms with Crippen molar-refractivity contribution in [3.05, 3.63) is 34.7 Å². The topological polar surface area (TPSA) is 179 Å². The van der Waals surface area contributed by atoms with Gasteiger partial charge in [-0.3, -0.25) is 4.79 Å². The van der Waals surface area contributed by atoms with Crippen LogP contribution >= 0.6 is 0 Å². The van der Waals surface area contributed by atoms with Crippen molar-refractivity contribution in [3.8, 4) is 0 Å². The Bertz CT molecular complexity index is 393. The van der Waals surface area contributed by atoms with Crippen molar-refractivity contribution in [2.75, 3.05) is 0 Å². The lowest BCUT2D eigenvalue weighted by atomic mass is 10.2. The summed E-state index contributed by atoms with van der Waals surface area (Å²) in [6.07, 6.45) is -2.93. The first-order valence-electron chi connectivity index (χ1n) is 4.31. The van der Waals surface area contributed by atoms with E-state index in [4.69, 9.17) is 20.4 Å². The molecule has 18 heavy (non-hydrogen) atoms. The minimum Gasteiger partial charge on any atom is -0.479 e. The number of aliphatic hydroxyl groups is 2. The SMILES string of the molecule is O.O=C(O)[C@H](O)[C@@H](O)C(=O)O.O=c1cccc[nH]1. The molecule has 0 aliphatic heterocycles. The van der Waals surface area contributed by atoms with Gasteiger partial charge in [0.2, 0.25) is 5.56 Å². The Morgan fingerprint density at radius 1 is 1.06 bits per heavy atom. The highest BCUT2D eigenvalue weighted by Crippen LogP contribution is 1.92. The Labute approximate surface area is 100 Å².